The van der Waals surface area contributed by atoms with Crippen molar-refractivity contribution in [2.24, 2.45) is 11.7 Å². The van der Waals surface area contributed by atoms with Crippen molar-refractivity contribution in [3.8, 4) is 22.1 Å². The van der Waals surface area contributed by atoms with Gasteiger partial charge in [0.1, 0.15) is 28.0 Å². The number of hydrogen-bond acceptors (Lipinski definition) is 8. The molecule has 1 aliphatic heterocycles. The normalized spacial score (nSPS) is 15.4. The van der Waals surface area contributed by atoms with Crippen molar-refractivity contribution >= 4 is 28.6 Å². The van der Waals surface area contributed by atoms with Crippen LogP contribution in [0, 0.1) is 18.7 Å². The predicted molar refractivity (Wildman–Crippen MR) is 143 cm³/mol. The summed E-state index contributed by atoms with van der Waals surface area (Å²) in [5.41, 5.74) is 9.57. The Morgan fingerprint density at radius 1 is 1.22 bits per heavy atom. The number of amides is 1. The first-order valence-corrected chi connectivity index (χ1v) is 13.0. The van der Waals surface area contributed by atoms with E-state index in [-0.39, 0.29) is 11.7 Å². The summed E-state index contributed by atoms with van der Waals surface area (Å²) in [5, 5.41) is 13.2. The highest BCUT2D eigenvalue weighted by Gasteiger charge is 2.25. The van der Waals surface area contributed by atoms with Crippen LogP contribution in [-0.2, 0) is 0 Å². The molecular weight excluding hydrogens is 491 g/mol. The van der Waals surface area contributed by atoms with Crippen LogP contribution < -0.4 is 20.7 Å². The van der Waals surface area contributed by atoms with E-state index in [0.29, 0.717) is 40.4 Å². The summed E-state index contributed by atoms with van der Waals surface area (Å²) in [7, 11) is 0. The van der Waals surface area contributed by atoms with E-state index in [4.69, 9.17) is 10.5 Å². The third-order valence-electron chi connectivity index (χ3n) is 6.41. The Balaban J connectivity index is 1.45. The number of nitrogens with zero attached hydrogens (tertiary/aromatic N) is 4. The lowest BCUT2D eigenvalue weighted by Crippen LogP contribution is -2.39. The van der Waals surface area contributed by atoms with E-state index in [2.05, 4.69) is 25.4 Å². The number of rotatable bonds is 7. The number of ether oxygens (including phenoxy) is 1. The van der Waals surface area contributed by atoms with E-state index in [1.807, 2.05) is 19.1 Å². The molecule has 1 amide bonds. The highest BCUT2D eigenvalue weighted by atomic mass is 32.1. The number of thiazole rings is 1. The molecule has 0 aliphatic carbocycles. The lowest BCUT2D eigenvalue weighted by Gasteiger charge is -2.36. The lowest BCUT2D eigenvalue weighted by molar-refractivity contribution is 0.102. The Morgan fingerprint density at radius 3 is 2.81 bits per heavy atom. The van der Waals surface area contributed by atoms with Gasteiger partial charge in [0.25, 0.3) is 5.91 Å². The second-order valence-corrected chi connectivity index (χ2v) is 9.81. The Kier molecular flexibility index (Phi) is 7.38. The maximum atomic E-state index is 13.4. The van der Waals surface area contributed by atoms with Crippen molar-refractivity contribution in [3.05, 3.63) is 77.3 Å². The molecule has 37 heavy (non-hydrogen) atoms. The number of aromatic nitrogens is 3. The van der Waals surface area contributed by atoms with Crippen LogP contribution in [0.4, 0.5) is 15.8 Å². The van der Waals surface area contributed by atoms with Crippen LogP contribution >= 0.6 is 11.3 Å². The number of carbonyl (C=O) groups is 1. The topological polar surface area (TPSA) is 106 Å². The van der Waals surface area contributed by atoms with Gasteiger partial charge in [-0.25, -0.2) is 9.37 Å². The van der Waals surface area contributed by atoms with E-state index >= 15 is 0 Å². The quantitative estimate of drug-likeness (QED) is 0.343. The molecule has 3 N–H and O–H groups in total. The van der Waals surface area contributed by atoms with Gasteiger partial charge in [-0.05, 0) is 74.7 Å². The predicted octanol–water partition coefficient (Wildman–Crippen LogP) is 5.27. The summed E-state index contributed by atoms with van der Waals surface area (Å²) in [6.45, 7) is 4.20. The zero-order valence-corrected chi connectivity index (χ0v) is 21.2. The van der Waals surface area contributed by atoms with Crippen LogP contribution in [0.15, 0.2) is 60.2 Å². The summed E-state index contributed by atoms with van der Waals surface area (Å²) < 4.78 is 19.5. The van der Waals surface area contributed by atoms with Gasteiger partial charge in [0.15, 0.2) is 0 Å². The van der Waals surface area contributed by atoms with E-state index in [0.717, 1.165) is 42.7 Å². The zero-order chi connectivity index (χ0) is 25.8. The van der Waals surface area contributed by atoms with E-state index < -0.39 is 0 Å². The molecule has 2 aromatic carbocycles. The van der Waals surface area contributed by atoms with Crippen molar-refractivity contribution in [2.75, 3.05) is 29.9 Å². The number of benzene rings is 2. The van der Waals surface area contributed by atoms with Gasteiger partial charge in [0.05, 0.1) is 23.8 Å². The molecule has 0 spiro atoms. The van der Waals surface area contributed by atoms with Gasteiger partial charge in [-0.1, -0.05) is 0 Å². The van der Waals surface area contributed by atoms with Crippen molar-refractivity contribution < 1.29 is 13.9 Å². The Morgan fingerprint density at radius 2 is 2.05 bits per heavy atom. The molecular formula is C27H27FN6O2S. The molecule has 1 saturated heterocycles. The summed E-state index contributed by atoms with van der Waals surface area (Å²) >= 11 is 1.37. The summed E-state index contributed by atoms with van der Waals surface area (Å²) in [6.07, 6.45) is 5.29. The van der Waals surface area contributed by atoms with Crippen LogP contribution in [0.5, 0.6) is 11.5 Å². The maximum absolute atomic E-state index is 13.4. The third kappa shape index (κ3) is 5.60. The van der Waals surface area contributed by atoms with Crippen LogP contribution in [0.25, 0.3) is 10.6 Å². The fourth-order valence-corrected chi connectivity index (χ4v) is 5.30. The van der Waals surface area contributed by atoms with Gasteiger partial charge < -0.3 is 20.7 Å². The van der Waals surface area contributed by atoms with Crippen molar-refractivity contribution in [3.63, 3.8) is 0 Å². The molecule has 8 nitrogen and oxygen atoms in total. The van der Waals surface area contributed by atoms with E-state index in [9.17, 15) is 9.18 Å². The largest absolute Gasteiger partial charge is 0.457 e. The summed E-state index contributed by atoms with van der Waals surface area (Å²) in [4.78, 5) is 20.0. The van der Waals surface area contributed by atoms with Gasteiger partial charge in [-0.2, -0.15) is 10.2 Å². The summed E-state index contributed by atoms with van der Waals surface area (Å²) in [5.74, 6) is 0.912. The number of anilines is 2. The third-order valence-corrected chi connectivity index (χ3v) is 7.30. The first-order chi connectivity index (χ1) is 18.0. The Hall–Kier alpha value is -3.89. The second-order valence-electron chi connectivity index (χ2n) is 8.95. The number of nitrogens with one attached hydrogen (secondary N) is 1. The number of nitrogens with two attached hydrogens (primary N) is 1. The van der Waals surface area contributed by atoms with Crippen molar-refractivity contribution in [1.82, 2.24) is 15.2 Å². The first kappa shape index (κ1) is 24.8. The SMILES string of the molecule is Cc1c(Oc2ccc(F)cc2)ccc(NC(=O)c2csc(-c3ccnnc3)n2)c1N1CCC[C@@H](CN)C1. The lowest BCUT2D eigenvalue weighted by atomic mass is 9.96. The number of hydrogen-bond donors (Lipinski definition) is 2. The standard InChI is InChI=1S/C27H27FN6O2S/c1-17-24(36-21-6-4-20(28)5-7-21)9-8-22(25(17)34-12-2-3-18(13-29)15-34)32-26(35)23-16-37-27(33-23)19-10-11-30-31-14-19/h4-11,14,16,18H,2-3,12-13,15,29H2,1H3,(H,32,35)/t18-/m0/s1. The number of halogens is 1. The molecule has 0 radical (unpaired) electrons. The van der Waals surface area contributed by atoms with Gasteiger partial charge in [-0.15, -0.1) is 11.3 Å². The van der Waals surface area contributed by atoms with Crippen LogP contribution in [-0.4, -0.2) is 40.7 Å². The molecule has 2 aromatic heterocycles. The van der Waals surface area contributed by atoms with E-state index in [1.165, 1.54) is 23.5 Å². The van der Waals surface area contributed by atoms with Gasteiger partial charge >= 0.3 is 0 Å². The Bertz CT molecular complexity index is 1380. The molecule has 190 valence electrons. The van der Waals surface area contributed by atoms with Crippen LogP contribution in [0.3, 0.4) is 0 Å². The van der Waals surface area contributed by atoms with Gasteiger partial charge in [-0.3, -0.25) is 4.79 Å². The minimum atomic E-state index is -0.325. The molecule has 3 heterocycles. The Labute approximate surface area is 218 Å². The van der Waals surface area contributed by atoms with Gasteiger partial charge in [0.2, 0.25) is 0 Å². The fourth-order valence-electron chi connectivity index (χ4n) is 4.50. The second kappa shape index (κ2) is 11.0. The van der Waals surface area contributed by atoms with Crippen LogP contribution in [0.2, 0.25) is 0 Å². The molecule has 4 aromatic rings. The molecule has 10 heteroatoms. The number of piperidine rings is 1. The highest BCUT2D eigenvalue weighted by Crippen LogP contribution is 2.40. The molecule has 0 unspecified atom stereocenters. The smallest absolute Gasteiger partial charge is 0.275 e. The molecule has 0 saturated carbocycles. The first-order valence-electron chi connectivity index (χ1n) is 12.1. The monoisotopic (exact) mass is 518 g/mol. The molecule has 1 fully saturated rings. The molecule has 5 rings (SSSR count). The van der Waals surface area contributed by atoms with Gasteiger partial charge in [0, 0.05) is 29.6 Å². The summed E-state index contributed by atoms with van der Waals surface area (Å²) in [6, 6.07) is 11.4. The maximum Gasteiger partial charge on any atom is 0.275 e. The van der Waals surface area contributed by atoms with Crippen molar-refractivity contribution in [2.45, 2.75) is 19.8 Å². The minimum Gasteiger partial charge on any atom is -0.457 e. The van der Waals surface area contributed by atoms with Crippen LogP contribution in [0.1, 0.15) is 28.9 Å². The zero-order valence-electron chi connectivity index (χ0n) is 20.4. The minimum absolute atomic E-state index is 0.301. The van der Waals surface area contributed by atoms with Crippen molar-refractivity contribution in [1.29, 1.82) is 0 Å². The molecule has 1 aliphatic rings. The van der Waals surface area contributed by atoms with E-state index in [1.54, 1.807) is 36.0 Å². The highest BCUT2D eigenvalue weighted by molar-refractivity contribution is 7.13. The fraction of sp³-hybridized carbons (Fsp3) is 0.259. The average molecular weight is 519 g/mol. The molecule has 0 bridgehead atoms. The number of carbonyl (C=O) groups excluding carboxylic acids is 1. The average Bonchev–Trinajstić information content (AvgIpc) is 3.43. The molecule has 1 atom stereocenters.